The Bertz CT molecular complexity index is 862. The van der Waals surface area contributed by atoms with Crippen molar-refractivity contribution in [3.63, 3.8) is 0 Å². The average Bonchev–Trinajstić information content (AvgIpc) is 2.64. The van der Waals surface area contributed by atoms with Gasteiger partial charge < -0.3 is 15.2 Å². The molecule has 0 saturated heterocycles. The van der Waals surface area contributed by atoms with E-state index in [0.29, 0.717) is 36.1 Å². The van der Waals surface area contributed by atoms with Crippen LogP contribution in [0.25, 0.3) is 0 Å². The van der Waals surface area contributed by atoms with Crippen LogP contribution >= 0.6 is 0 Å². The molecule has 0 fully saturated rings. The lowest BCUT2D eigenvalue weighted by atomic mass is 10.0. The standard InChI is InChI=1S/C20H23N3O4/c1-4-11-26-18(24)14-7-5-13(6-8-14)12-23-17-15(9-10-16(21)22-17)27-20(2,3)19(23)25/h5-10H,4,11-12H2,1-3H3,(H2,21,22). The van der Waals surface area contributed by atoms with Gasteiger partial charge in [0.15, 0.2) is 17.2 Å². The number of hydrogen-bond donors (Lipinski definition) is 1. The molecule has 0 spiro atoms. The van der Waals surface area contributed by atoms with Crippen molar-refractivity contribution in [3.05, 3.63) is 47.5 Å². The van der Waals surface area contributed by atoms with Gasteiger partial charge in [-0.05, 0) is 50.1 Å². The molecule has 0 atom stereocenters. The predicted octanol–water partition coefficient (Wildman–Crippen LogP) is 2.93. The third-order valence-electron chi connectivity index (χ3n) is 4.21. The van der Waals surface area contributed by atoms with Crippen molar-refractivity contribution in [2.24, 2.45) is 0 Å². The summed E-state index contributed by atoms with van der Waals surface area (Å²) in [5, 5.41) is 0. The number of rotatable bonds is 5. The number of ether oxygens (including phenoxy) is 2. The lowest BCUT2D eigenvalue weighted by Gasteiger charge is -2.38. The average molecular weight is 369 g/mol. The molecular weight excluding hydrogens is 346 g/mol. The van der Waals surface area contributed by atoms with Gasteiger partial charge in [0.05, 0.1) is 18.7 Å². The number of amides is 1. The monoisotopic (exact) mass is 369 g/mol. The summed E-state index contributed by atoms with van der Waals surface area (Å²) in [4.78, 5) is 30.6. The highest BCUT2D eigenvalue weighted by atomic mass is 16.5. The second-order valence-electron chi connectivity index (χ2n) is 6.89. The molecule has 1 aliphatic rings. The minimum absolute atomic E-state index is 0.209. The van der Waals surface area contributed by atoms with Crippen LogP contribution in [-0.2, 0) is 16.1 Å². The number of hydrogen-bond acceptors (Lipinski definition) is 6. The van der Waals surface area contributed by atoms with E-state index in [9.17, 15) is 9.59 Å². The van der Waals surface area contributed by atoms with Crippen molar-refractivity contribution < 1.29 is 19.1 Å². The van der Waals surface area contributed by atoms with Crippen molar-refractivity contribution >= 4 is 23.5 Å². The summed E-state index contributed by atoms with van der Waals surface area (Å²) >= 11 is 0. The molecule has 142 valence electrons. The van der Waals surface area contributed by atoms with Gasteiger partial charge >= 0.3 is 5.97 Å². The Hall–Kier alpha value is -3.09. The minimum Gasteiger partial charge on any atom is -0.474 e. The maximum Gasteiger partial charge on any atom is 0.338 e. The fourth-order valence-electron chi connectivity index (χ4n) is 2.82. The first-order valence-corrected chi connectivity index (χ1v) is 8.85. The number of carbonyl (C=O) groups is 2. The van der Waals surface area contributed by atoms with Gasteiger partial charge in [-0.15, -0.1) is 0 Å². The molecule has 7 nitrogen and oxygen atoms in total. The van der Waals surface area contributed by atoms with Gasteiger partial charge in [-0.3, -0.25) is 9.69 Å². The van der Waals surface area contributed by atoms with Crippen LogP contribution in [0.2, 0.25) is 0 Å². The Morgan fingerprint density at radius 1 is 1.22 bits per heavy atom. The highest BCUT2D eigenvalue weighted by Gasteiger charge is 2.41. The van der Waals surface area contributed by atoms with Gasteiger partial charge in [0, 0.05) is 0 Å². The van der Waals surface area contributed by atoms with Crippen LogP contribution in [0.4, 0.5) is 11.6 Å². The SMILES string of the molecule is CCCOC(=O)c1ccc(CN2C(=O)C(C)(C)Oc3ccc(N)nc32)cc1. The van der Waals surface area contributed by atoms with Crippen molar-refractivity contribution in [2.45, 2.75) is 39.3 Å². The van der Waals surface area contributed by atoms with E-state index in [1.165, 1.54) is 0 Å². The summed E-state index contributed by atoms with van der Waals surface area (Å²) in [5.74, 6) is 0.648. The maximum atomic E-state index is 12.9. The number of fused-ring (bicyclic) bond motifs is 1. The van der Waals surface area contributed by atoms with Gasteiger partial charge in [0.2, 0.25) is 0 Å². The molecule has 1 aromatic carbocycles. The van der Waals surface area contributed by atoms with Gasteiger partial charge in [0.1, 0.15) is 5.82 Å². The first kappa shape index (κ1) is 18.7. The second kappa shape index (κ2) is 7.26. The Labute approximate surface area is 158 Å². The van der Waals surface area contributed by atoms with Gasteiger partial charge in [-0.1, -0.05) is 19.1 Å². The molecule has 0 saturated carbocycles. The van der Waals surface area contributed by atoms with E-state index < -0.39 is 5.60 Å². The molecule has 1 aromatic heterocycles. The van der Waals surface area contributed by atoms with Crippen LogP contribution in [-0.4, -0.2) is 29.1 Å². The van der Waals surface area contributed by atoms with E-state index in [0.717, 1.165) is 12.0 Å². The summed E-state index contributed by atoms with van der Waals surface area (Å²) in [6, 6.07) is 10.3. The largest absolute Gasteiger partial charge is 0.474 e. The summed E-state index contributed by atoms with van der Waals surface area (Å²) < 4.78 is 10.9. The quantitative estimate of drug-likeness (QED) is 0.814. The number of nitrogen functional groups attached to an aromatic ring is 1. The molecule has 27 heavy (non-hydrogen) atoms. The van der Waals surface area contributed by atoms with Crippen molar-refractivity contribution in [1.29, 1.82) is 0 Å². The fourth-order valence-corrected chi connectivity index (χ4v) is 2.82. The van der Waals surface area contributed by atoms with Crippen LogP contribution in [0.1, 0.15) is 43.1 Å². The van der Waals surface area contributed by atoms with E-state index >= 15 is 0 Å². The second-order valence-corrected chi connectivity index (χ2v) is 6.89. The topological polar surface area (TPSA) is 94.8 Å². The Morgan fingerprint density at radius 3 is 2.59 bits per heavy atom. The molecule has 3 rings (SSSR count). The molecule has 0 radical (unpaired) electrons. The van der Waals surface area contributed by atoms with E-state index in [1.807, 2.05) is 6.92 Å². The zero-order valence-electron chi connectivity index (χ0n) is 15.7. The third-order valence-corrected chi connectivity index (χ3v) is 4.21. The number of nitrogens with two attached hydrogens (primary N) is 1. The molecule has 0 bridgehead atoms. The number of aromatic nitrogens is 1. The van der Waals surface area contributed by atoms with Crippen molar-refractivity contribution in [1.82, 2.24) is 4.98 Å². The number of nitrogens with zero attached hydrogens (tertiary/aromatic N) is 2. The number of esters is 1. The number of anilines is 2. The highest BCUT2D eigenvalue weighted by molar-refractivity contribution is 6.01. The van der Waals surface area contributed by atoms with Crippen LogP contribution in [0.15, 0.2) is 36.4 Å². The lowest BCUT2D eigenvalue weighted by Crippen LogP contribution is -2.52. The highest BCUT2D eigenvalue weighted by Crippen LogP contribution is 2.37. The zero-order chi connectivity index (χ0) is 19.6. The lowest BCUT2D eigenvalue weighted by molar-refractivity contribution is -0.132. The molecule has 0 aliphatic carbocycles. The Balaban J connectivity index is 1.85. The van der Waals surface area contributed by atoms with E-state index in [4.69, 9.17) is 15.2 Å². The minimum atomic E-state index is -1.01. The van der Waals surface area contributed by atoms with E-state index in [-0.39, 0.29) is 11.9 Å². The van der Waals surface area contributed by atoms with Crippen LogP contribution in [0, 0.1) is 0 Å². The molecule has 1 aliphatic heterocycles. The first-order valence-electron chi connectivity index (χ1n) is 8.85. The maximum absolute atomic E-state index is 12.9. The summed E-state index contributed by atoms with van der Waals surface area (Å²) in [7, 11) is 0. The molecule has 1 amide bonds. The number of benzene rings is 1. The van der Waals surface area contributed by atoms with Gasteiger partial charge in [0.25, 0.3) is 5.91 Å². The molecule has 2 heterocycles. The molecule has 2 N–H and O–H groups in total. The van der Waals surface area contributed by atoms with Crippen LogP contribution in [0.3, 0.4) is 0 Å². The number of pyridine rings is 1. The van der Waals surface area contributed by atoms with Crippen molar-refractivity contribution in [3.8, 4) is 5.75 Å². The summed E-state index contributed by atoms with van der Waals surface area (Å²) in [6.45, 7) is 6.06. The summed E-state index contributed by atoms with van der Waals surface area (Å²) in [5.41, 5.74) is 6.11. The normalized spacial score (nSPS) is 15.1. The van der Waals surface area contributed by atoms with Gasteiger partial charge in [-0.25, -0.2) is 9.78 Å². The molecule has 0 unspecified atom stereocenters. The van der Waals surface area contributed by atoms with Crippen LogP contribution < -0.4 is 15.4 Å². The fraction of sp³-hybridized carbons (Fsp3) is 0.350. The Morgan fingerprint density at radius 2 is 1.93 bits per heavy atom. The van der Waals surface area contributed by atoms with Crippen molar-refractivity contribution in [2.75, 3.05) is 17.2 Å². The smallest absolute Gasteiger partial charge is 0.338 e. The molecular formula is C20H23N3O4. The van der Waals surface area contributed by atoms with Crippen LogP contribution in [0.5, 0.6) is 5.75 Å². The van der Waals surface area contributed by atoms with Gasteiger partial charge in [-0.2, -0.15) is 0 Å². The number of carbonyl (C=O) groups excluding carboxylic acids is 2. The predicted molar refractivity (Wildman–Crippen MR) is 102 cm³/mol. The zero-order valence-corrected chi connectivity index (χ0v) is 15.7. The van der Waals surface area contributed by atoms with E-state index in [1.54, 1.807) is 55.1 Å². The third kappa shape index (κ3) is 3.86. The molecule has 2 aromatic rings. The summed E-state index contributed by atoms with van der Waals surface area (Å²) in [6.07, 6.45) is 0.772. The Kier molecular flexibility index (Phi) is 5.03. The first-order chi connectivity index (χ1) is 12.8. The molecule has 7 heteroatoms. The van der Waals surface area contributed by atoms with E-state index in [2.05, 4.69) is 4.98 Å².